The minimum atomic E-state index is -0.663. The predicted molar refractivity (Wildman–Crippen MR) is 107 cm³/mol. The van der Waals surface area contributed by atoms with Crippen LogP contribution in [-0.2, 0) is 25.3 Å². The second-order valence-corrected chi connectivity index (χ2v) is 7.62. The summed E-state index contributed by atoms with van der Waals surface area (Å²) in [5.74, 6) is 0.0160. The first-order valence-corrected chi connectivity index (χ1v) is 9.61. The van der Waals surface area contributed by atoms with E-state index in [1.54, 1.807) is 7.11 Å². The molecule has 5 heteroatoms. The molecule has 2 aromatic carbocycles. The Morgan fingerprint density at radius 3 is 2.52 bits per heavy atom. The van der Waals surface area contributed by atoms with Crippen molar-refractivity contribution < 1.29 is 14.3 Å². The zero-order valence-electron chi connectivity index (χ0n) is 15.8. The summed E-state index contributed by atoms with van der Waals surface area (Å²) in [6.45, 7) is 3.48. The van der Waals surface area contributed by atoms with E-state index >= 15 is 0 Å². The second kappa shape index (κ2) is 8.42. The first-order valence-electron chi connectivity index (χ1n) is 9.23. The van der Waals surface area contributed by atoms with E-state index < -0.39 is 11.0 Å². The minimum Gasteiger partial charge on any atom is -0.381 e. The summed E-state index contributed by atoms with van der Waals surface area (Å²) in [7, 11) is 1.65. The molecule has 1 amide bonds. The highest BCUT2D eigenvalue weighted by atomic mass is 35.5. The third-order valence-electron chi connectivity index (χ3n) is 5.58. The van der Waals surface area contributed by atoms with Gasteiger partial charge in [-0.1, -0.05) is 54.1 Å². The maximum atomic E-state index is 13.3. The van der Waals surface area contributed by atoms with Gasteiger partial charge in [-0.05, 0) is 43.0 Å². The SMILES string of the molecule is CO[C@@](C)(CNC(=O)C1(c2ccccc2)CCOCC1)c1cccc(Cl)c1. The van der Waals surface area contributed by atoms with E-state index in [-0.39, 0.29) is 5.91 Å². The minimum absolute atomic E-state index is 0.0160. The number of rotatable bonds is 6. The van der Waals surface area contributed by atoms with Gasteiger partial charge in [-0.2, -0.15) is 0 Å². The molecule has 0 spiro atoms. The molecule has 144 valence electrons. The molecule has 27 heavy (non-hydrogen) atoms. The fourth-order valence-electron chi connectivity index (χ4n) is 3.65. The third kappa shape index (κ3) is 4.18. The lowest BCUT2D eigenvalue weighted by molar-refractivity contribution is -0.132. The quantitative estimate of drug-likeness (QED) is 0.812. The van der Waals surface area contributed by atoms with Gasteiger partial charge in [0.25, 0.3) is 0 Å². The summed E-state index contributed by atoms with van der Waals surface area (Å²) in [5.41, 5.74) is 0.734. The van der Waals surface area contributed by atoms with Crippen LogP contribution in [0.3, 0.4) is 0 Å². The van der Waals surface area contributed by atoms with Gasteiger partial charge in [-0.25, -0.2) is 0 Å². The molecule has 0 saturated carbocycles. The van der Waals surface area contributed by atoms with Crippen LogP contribution in [0.5, 0.6) is 0 Å². The highest BCUT2D eigenvalue weighted by Gasteiger charge is 2.42. The van der Waals surface area contributed by atoms with Crippen molar-refractivity contribution in [2.75, 3.05) is 26.9 Å². The Kier molecular flexibility index (Phi) is 6.20. The Hall–Kier alpha value is -1.88. The summed E-state index contributed by atoms with van der Waals surface area (Å²) >= 11 is 6.14. The zero-order valence-corrected chi connectivity index (χ0v) is 16.6. The fourth-order valence-corrected chi connectivity index (χ4v) is 3.84. The average molecular weight is 388 g/mol. The molecule has 0 radical (unpaired) electrons. The third-order valence-corrected chi connectivity index (χ3v) is 5.81. The molecule has 1 N–H and O–H groups in total. The van der Waals surface area contributed by atoms with E-state index in [4.69, 9.17) is 21.1 Å². The van der Waals surface area contributed by atoms with Crippen molar-refractivity contribution in [1.82, 2.24) is 5.32 Å². The molecule has 0 aromatic heterocycles. The second-order valence-electron chi connectivity index (χ2n) is 7.19. The maximum Gasteiger partial charge on any atom is 0.230 e. The fraction of sp³-hybridized carbons (Fsp3) is 0.409. The lowest BCUT2D eigenvalue weighted by Gasteiger charge is -2.38. The van der Waals surface area contributed by atoms with Crippen LogP contribution in [0.1, 0.15) is 30.9 Å². The number of halogens is 1. The van der Waals surface area contributed by atoms with Crippen LogP contribution in [0.15, 0.2) is 54.6 Å². The maximum absolute atomic E-state index is 13.3. The topological polar surface area (TPSA) is 47.6 Å². The van der Waals surface area contributed by atoms with Gasteiger partial charge in [-0.15, -0.1) is 0 Å². The molecule has 0 aliphatic carbocycles. The summed E-state index contributed by atoms with van der Waals surface area (Å²) in [4.78, 5) is 13.3. The normalized spacial score (nSPS) is 18.5. The van der Waals surface area contributed by atoms with Crippen molar-refractivity contribution in [1.29, 1.82) is 0 Å². The Bertz CT molecular complexity index is 774. The number of methoxy groups -OCH3 is 1. The number of nitrogens with one attached hydrogen (secondary N) is 1. The number of benzene rings is 2. The number of carbonyl (C=O) groups is 1. The standard InChI is InChI=1S/C22H26ClNO3/c1-21(26-2,18-9-6-10-19(23)15-18)16-24-20(25)22(11-13-27-14-12-22)17-7-4-3-5-8-17/h3-10,15H,11-14,16H2,1-2H3,(H,24,25)/t21-/m0/s1. The number of amides is 1. The number of hydrogen-bond acceptors (Lipinski definition) is 3. The van der Waals surface area contributed by atoms with Crippen LogP contribution in [0.4, 0.5) is 0 Å². The first kappa shape index (κ1) is 19.9. The summed E-state index contributed by atoms with van der Waals surface area (Å²) in [5, 5.41) is 3.78. The molecule has 1 saturated heterocycles. The van der Waals surface area contributed by atoms with Crippen molar-refractivity contribution in [3.8, 4) is 0 Å². The highest BCUT2D eigenvalue weighted by Crippen LogP contribution is 2.35. The van der Waals surface area contributed by atoms with E-state index in [1.807, 2.05) is 61.5 Å². The lowest BCUT2D eigenvalue weighted by Crippen LogP contribution is -2.51. The van der Waals surface area contributed by atoms with E-state index in [1.165, 1.54) is 0 Å². The van der Waals surface area contributed by atoms with Crippen LogP contribution in [0, 0.1) is 0 Å². The molecular weight excluding hydrogens is 362 g/mol. The Morgan fingerprint density at radius 1 is 1.19 bits per heavy atom. The van der Waals surface area contributed by atoms with Crippen molar-refractivity contribution in [2.24, 2.45) is 0 Å². The molecule has 2 aromatic rings. The Labute approximate surface area is 165 Å². The lowest BCUT2D eigenvalue weighted by atomic mass is 9.73. The van der Waals surface area contributed by atoms with Gasteiger partial charge in [0.1, 0.15) is 5.60 Å². The van der Waals surface area contributed by atoms with Crippen molar-refractivity contribution in [3.05, 3.63) is 70.7 Å². The molecular formula is C22H26ClNO3. The van der Waals surface area contributed by atoms with E-state index in [2.05, 4.69) is 5.32 Å². The molecule has 1 atom stereocenters. The van der Waals surface area contributed by atoms with Gasteiger partial charge in [0, 0.05) is 25.3 Å². The molecule has 1 aliphatic heterocycles. The highest BCUT2D eigenvalue weighted by molar-refractivity contribution is 6.30. The van der Waals surface area contributed by atoms with Gasteiger partial charge in [0.2, 0.25) is 5.91 Å². The van der Waals surface area contributed by atoms with E-state index in [0.717, 1.165) is 11.1 Å². The van der Waals surface area contributed by atoms with Gasteiger partial charge < -0.3 is 14.8 Å². The number of carbonyl (C=O) groups excluding carboxylic acids is 1. The molecule has 3 rings (SSSR count). The van der Waals surface area contributed by atoms with Crippen molar-refractivity contribution >= 4 is 17.5 Å². The smallest absolute Gasteiger partial charge is 0.230 e. The average Bonchev–Trinajstić information content (AvgIpc) is 2.73. The van der Waals surface area contributed by atoms with Crippen LogP contribution >= 0.6 is 11.6 Å². The molecule has 0 unspecified atom stereocenters. The summed E-state index contributed by atoms with van der Waals surface area (Å²) in [6, 6.07) is 17.5. The predicted octanol–water partition coefficient (Wildman–Crippen LogP) is 4.07. The Morgan fingerprint density at radius 2 is 1.89 bits per heavy atom. The van der Waals surface area contributed by atoms with Gasteiger partial charge in [0.05, 0.1) is 12.0 Å². The van der Waals surface area contributed by atoms with Crippen LogP contribution in [-0.4, -0.2) is 32.8 Å². The van der Waals surface area contributed by atoms with Crippen molar-refractivity contribution in [3.63, 3.8) is 0 Å². The number of hydrogen-bond donors (Lipinski definition) is 1. The molecule has 1 aliphatic rings. The summed E-state index contributed by atoms with van der Waals surface area (Å²) < 4.78 is 11.3. The van der Waals surface area contributed by atoms with E-state index in [9.17, 15) is 4.79 Å². The molecule has 4 nitrogen and oxygen atoms in total. The van der Waals surface area contributed by atoms with Crippen LogP contribution in [0.25, 0.3) is 0 Å². The van der Waals surface area contributed by atoms with E-state index in [0.29, 0.717) is 37.6 Å². The first-order chi connectivity index (χ1) is 13.0. The molecule has 1 heterocycles. The summed E-state index contributed by atoms with van der Waals surface area (Å²) in [6.07, 6.45) is 1.34. The van der Waals surface area contributed by atoms with Crippen LogP contribution in [0.2, 0.25) is 5.02 Å². The van der Waals surface area contributed by atoms with Gasteiger partial charge in [-0.3, -0.25) is 4.79 Å². The largest absolute Gasteiger partial charge is 0.381 e. The number of ether oxygens (including phenoxy) is 2. The van der Waals surface area contributed by atoms with Gasteiger partial charge >= 0.3 is 0 Å². The van der Waals surface area contributed by atoms with Gasteiger partial charge in [0.15, 0.2) is 0 Å². The molecule has 1 fully saturated rings. The van der Waals surface area contributed by atoms with Crippen LogP contribution < -0.4 is 5.32 Å². The van der Waals surface area contributed by atoms with Crippen molar-refractivity contribution in [2.45, 2.75) is 30.8 Å². The molecule has 0 bridgehead atoms. The Balaban J connectivity index is 1.81. The zero-order chi connectivity index (χ0) is 19.3. The monoisotopic (exact) mass is 387 g/mol.